The van der Waals surface area contributed by atoms with Gasteiger partial charge in [0.1, 0.15) is 0 Å². The summed E-state index contributed by atoms with van der Waals surface area (Å²) in [5, 5.41) is 3.14. The average Bonchev–Trinajstić information content (AvgIpc) is 2.23. The van der Waals surface area contributed by atoms with E-state index in [2.05, 4.69) is 21.8 Å². The van der Waals surface area contributed by atoms with Gasteiger partial charge in [-0.2, -0.15) is 0 Å². The summed E-state index contributed by atoms with van der Waals surface area (Å²) in [6.45, 7) is 0.846. The van der Waals surface area contributed by atoms with Crippen LogP contribution in [0.4, 0.5) is 0 Å². The molecule has 0 aliphatic heterocycles. The van der Waals surface area contributed by atoms with Crippen LogP contribution in [0.25, 0.3) is 0 Å². The lowest BCUT2D eigenvalue weighted by atomic mass is 10.3. The van der Waals surface area contributed by atoms with Gasteiger partial charge >= 0.3 is 0 Å². The molecule has 0 saturated carbocycles. The highest BCUT2D eigenvalue weighted by Crippen LogP contribution is 2.32. The van der Waals surface area contributed by atoms with E-state index in [1.807, 2.05) is 12.4 Å². The molecule has 1 atom stereocenters. The van der Waals surface area contributed by atoms with Crippen molar-refractivity contribution in [1.29, 1.82) is 0 Å². The Hall–Kier alpha value is -0.0900. The molecule has 6 heteroatoms. The summed E-state index contributed by atoms with van der Waals surface area (Å²) >= 11 is 5.21. The van der Waals surface area contributed by atoms with E-state index in [1.165, 1.54) is 0 Å². The van der Waals surface area contributed by atoms with Crippen molar-refractivity contribution in [3.05, 3.63) is 0 Å². The molecular weight excluding hydrogens is 239 g/mol. The second-order valence-corrected chi connectivity index (χ2v) is 7.02. The Bertz CT molecular complexity index is 266. The van der Waals surface area contributed by atoms with Crippen LogP contribution >= 0.6 is 6.49 Å². The molecular formula is C10H23N4PS. The predicted molar refractivity (Wildman–Crippen MR) is 78.1 cm³/mol. The molecule has 0 fully saturated rings. The first kappa shape index (κ1) is 15.9. The van der Waals surface area contributed by atoms with Gasteiger partial charge in [-0.05, 0) is 43.7 Å². The number of aliphatic imine (C=N–C) groups is 1. The largest absolute Gasteiger partial charge is 0.301 e. The number of nitrogens with two attached hydrogens (primary N) is 1. The van der Waals surface area contributed by atoms with Crippen molar-refractivity contribution in [3.63, 3.8) is 0 Å². The van der Waals surface area contributed by atoms with Crippen LogP contribution in [-0.4, -0.2) is 26.0 Å². The maximum Gasteiger partial charge on any atom is 0.179 e. The van der Waals surface area contributed by atoms with E-state index in [0.29, 0.717) is 0 Å². The summed E-state index contributed by atoms with van der Waals surface area (Å²) < 4.78 is 4.25. The van der Waals surface area contributed by atoms with Gasteiger partial charge in [0.05, 0.1) is 0 Å². The van der Waals surface area contributed by atoms with Crippen LogP contribution < -0.4 is 10.6 Å². The molecule has 16 heavy (non-hydrogen) atoms. The second kappa shape index (κ2) is 10.1. The van der Waals surface area contributed by atoms with Gasteiger partial charge in [0.15, 0.2) is 6.49 Å². The predicted octanol–water partition coefficient (Wildman–Crippen LogP) is 2.50. The molecule has 0 aromatic rings. The first-order valence-electron chi connectivity index (χ1n) is 5.71. The highest BCUT2D eigenvalue weighted by molar-refractivity contribution is 8.11. The Morgan fingerprint density at radius 2 is 2.00 bits per heavy atom. The molecule has 94 valence electrons. The van der Waals surface area contributed by atoms with Crippen molar-refractivity contribution in [2.45, 2.75) is 39.0 Å². The summed E-state index contributed by atoms with van der Waals surface area (Å²) in [6.07, 6.45) is 8.94. The number of hydrogen-bond donors (Lipinski definition) is 2. The zero-order valence-electron chi connectivity index (χ0n) is 10.2. The fourth-order valence-electron chi connectivity index (χ4n) is 1.07. The average molecular weight is 262 g/mol. The number of rotatable bonds is 9. The van der Waals surface area contributed by atoms with E-state index >= 15 is 0 Å². The molecule has 0 heterocycles. The van der Waals surface area contributed by atoms with Crippen LogP contribution in [0.3, 0.4) is 0 Å². The minimum atomic E-state index is -2.16. The van der Waals surface area contributed by atoms with Crippen molar-refractivity contribution in [3.8, 4) is 0 Å². The zero-order chi connectivity index (χ0) is 12.3. The Kier molecular flexibility index (Phi) is 10.0. The fourth-order valence-corrected chi connectivity index (χ4v) is 2.46. The van der Waals surface area contributed by atoms with E-state index in [9.17, 15) is 0 Å². The van der Waals surface area contributed by atoms with Gasteiger partial charge in [-0.3, -0.25) is 10.6 Å². The Morgan fingerprint density at radius 3 is 2.62 bits per heavy atom. The summed E-state index contributed by atoms with van der Waals surface area (Å²) in [7, 11) is 1.78. The molecule has 0 amide bonds. The van der Waals surface area contributed by atoms with E-state index in [0.717, 1.165) is 38.6 Å². The fraction of sp³-hybridized carbons (Fsp3) is 0.800. The lowest BCUT2D eigenvalue weighted by Gasteiger charge is -2.12. The van der Waals surface area contributed by atoms with Gasteiger partial charge in [0, 0.05) is 19.8 Å². The monoisotopic (exact) mass is 262 g/mol. The van der Waals surface area contributed by atoms with E-state index in [1.54, 1.807) is 7.05 Å². The van der Waals surface area contributed by atoms with Crippen LogP contribution in [0.15, 0.2) is 9.76 Å². The zero-order valence-corrected chi connectivity index (χ0v) is 11.9. The lowest BCUT2D eigenvalue weighted by molar-refractivity contribution is 0.769. The van der Waals surface area contributed by atoms with Crippen molar-refractivity contribution >= 4 is 30.7 Å². The smallest absolute Gasteiger partial charge is 0.179 e. The summed E-state index contributed by atoms with van der Waals surface area (Å²) in [6, 6.07) is 0. The highest BCUT2D eigenvalue weighted by atomic mass is 32.4. The van der Waals surface area contributed by atoms with Gasteiger partial charge in [0.25, 0.3) is 0 Å². The third-order valence-corrected chi connectivity index (χ3v) is 3.82. The molecule has 0 aliphatic carbocycles. The molecule has 0 rings (SSSR count). The number of nitrogens with zero attached hydrogens (tertiary/aromatic N) is 2. The van der Waals surface area contributed by atoms with Gasteiger partial charge in [-0.15, -0.1) is 0 Å². The number of nitrogens with one attached hydrogen (secondary N) is 1. The molecule has 4 nitrogen and oxygen atoms in total. The van der Waals surface area contributed by atoms with E-state index in [4.69, 9.17) is 17.3 Å². The Labute approximate surface area is 104 Å². The first-order valence-corrected chi connectivity index (χ1v) is 8.53. The quantitative estimate of drug-likeness (QED) is 0.381. The van der Waals surface area contributed by atoms with Crippen LogP contribution in [0.1, 0.15) is 39.0 Å². The molecule has 0 aliphatic rings. The normalized spacial score (nSPS) is 15.9. The van der Waals surface area contributed by atoms with Crippen LogP contribution in [-0.2, 0) is 11.8 Å². The van der Waals surface area contributed by atoms with Crippen LogP contribution in [0.5, 0.6) is 0 Å². The molecule has 1 unspecified atom stereocenters. The highest BCUT2D eigenvalue weighted by Gasteiger charge is 2.04. The molecule has 0 aromatic heterocycles. The third-order valence-electron chi connectivity index (χ3n) is 1.97. The van der Waals surface area contributed by atoms with Gasteiger partial charge in [0.2, 0.25) is 0 Å². The molecule has 0 bridgehead atoms. The topological polar surface area (TPSA) is 62.8 Å². The van der Waals surface area contributed by atoms with E-state index in [-0.39, 0.29) is 0 Å². The van der Waals surface area contributed by atoms with Crippen molar-refractivity contribution < 1.29 is 0 Å². The SMILES string of the molecule is CCCCNP(N)(=S)/N=C/CCC/C=N/C. The summed E-state index contributed by atoms with van der Waals surface area (Å²) in [5.74, 6) is 0. The van der Waals surface area contributed by atoms with Crippen molar-refractivity contribution in [2.24, 2.45) is 15.3 Å². The standard InChI is InChI=1S/C10H23N4PS/c1-3-4-9-13-15(11,16)14-10-7-5-6-8-12-2/h8,10H,3-7,9H2,1-2H3,(H3,11,13,16)/b12-8+,14-10+. The number of hydrogen-bond acceptors (Lipinski definition) is 2. The van der Waals surface area contributed by atoms with Gasteiger partial charge in [-0.25, -0.2) is 4.76 Å². The Balaban J connectivity index is 3.69. The van der Waals surface area contributed by atoms with Crippen LogP contribution in [0, 0.1) is 0 Å². The van der Waals surface area contributed by atoms with Crippen LogP contribution in [0.2, 0.25) is 0 Å². The minimum Gasteiger partial charge on any atom is -0.301 e. The van der Waals surface area contributed by atoms with Crippen molar-refractivity contribution in [2.75, 3.05) is 13.6 Å². The maximum absolute atomic E-state index is 5.89. The summed E-state index contributed by atoms with van der Waals surface area (Å²) in [5.41, 5.74) is 5.89. The molecule has 0 spiro atoms. The molecule has 0 radical (unpaired) electrons. The second-order valence-electron chi connectivity index (χ2n) is 3.55. The first-order chi connectivity index (χ1) is 7.62. The van der Waals surface area contributed by atoms with Crippen molar-refractivity contribution in [1.82, 2.24) is 5.09 Å². The number of unbranched alkanes of at least 4 members (excludes halogenated alkanes) is 3. The Morgan fingerprint density at radius 1 is 1.31 bits per heavy atom. The van der Waals surface area contributed by atoms with Gasteiger partial charge < -0.3 is 4.99 Å². The van der Waals surface area contributed by atoms with Gasteiger partial charge in [-0.1, -0.05) is 13.3 Å². The minimum absolute atomic E-state index is 0.865. The van der Waals surface area contributed by atoms with E-state index < -0.39 is 6.49 Å². The lowest BCUT2D eigenvalue weighted by Crippen LogP contribution is -2.15. The molecule has 3 N–H and O–H groups in total. The summed E-state index contributed by atoms with van der Waals surface area (Å²) in [4.78, 5) is 3.91. The maximum atomic E-state index is 5.89. The third kappa shape index (κ3) is 10.4. The molecule has 0 saturated heterocycles. The molecule has 0 aromatic carbocycles.